The Bertz CT molecular complexity index is 790. The molecular weight excluding hydrogens is 422 g/mol. The lowest BCUT2D eigenvalue weighted by Gasteiger charge is -2.41. The zero-order valence-electron chi connectivity index (χ0n) is 19.9. The van der Waals surface area contributed by atoms with Gasteiger partial charge in [-0.05, 0) is 43.7 Å². The van der Waals surface area contributed by atoms with E-state index in [-0.39, 0.29) is 24.0 Å². The van der Waals surface area contributed by atoms with Gasteiger partial charge in [0.25, 0.3) is 5.91 Å². The summed E-state index contributed by atoms with van der Waals surface area (Å²) in [5.74, 6) is 1.67. The van der Waals surface area contributed by atoms with Crippen LogP contribution >= 0.6 is 0 Å². The number of nitrogens with one attached hydrogen (secondary N) is 1. The molecule has 0 bridgehead atoms. The average Bonchev–Trinajstić information content (AvgIpc) is 3.57. The van der Waals surface area contributed by atoms with Crippen LogP contribution in [0.3, 0.4) is 0 Å². The van der Waals surface area contributed by atoms with Gasteiger partial charge < -0.3 is 24.4 Å². The van der Waals surface area contributed by atoms with Gasteiger partial charge in [0.15, 0.2) is 0 Å². The minimum Gasteiger partial charge on any atom is -0.497 e. The van der Waals surface area contributed by atoms with E-state index < -0.39 is 0 Å². The van der Waals surface area contributed by atoms with Crippen LogP contribution < -0.4 is 14.8 Å². The van der Waals surface area contributed by atoms with Crippen LogP contribution in [-0.2, 0) is 9.53 Å². The van der Waals surface area contributed by atoms with E-state index >= 15 is 0 Å². The van der Waals surface area contributed by atoms with Crippen molar-refractivity contribution >= 4 is 11.8 Å². The van der Waals surface area contributed by atoms with Gasteiger partial charge in [0.1, 0.15) is 11.5 Å². The van der Waals surface area contributed by atoms with Crippen LogP contribution in [0.2, 0.25) is 0 Å². The highest BCUT2D eigenvalue weighted by molar-refractivity contribution is 5.95. The molecule has 0 radical (unpaired) electrons. The molecule has 2 amide bonds. The summed E-state index contributed by atoms with van der Waals surface area (Å²) in [6, 6.07) is 5.13. The number of hydrogen-bond acceptors (Lipinski definition) is 6. The van der Waals surface area contributed by atoms with E-state index in [2.05, 4.69) is 10.2 Å². The lowest BCUT2D eigenvalue weighted by molar-refractivity contribution is -0.129. The van der Waals surface area contributed by atoms with E-state index in [1.165, 1.54) is 12.8 Å². The second kappa shape index (κ2) is 11.2. The van der Waals surface area contributed by atoms with Crippen LogP contribution in [0.15, 0.2) is 18.2 Å². The fraction of sp³-hybridized carbons (Fsp3) is 0.680. The second-order valence-electron chi connectivity index (χ2n) is 9.30. The molecule has 2 unspecified atom stereocenters. The van der Waals surface area contributed by atoms with Gasteiger partial charge in [-0.1, -0.05) is 12.8 Å². The summed E-state index contributed by atoms with van der Waals surface area (Å²) in [7, 11) is 3.16. The molecule has 0 aromatic heterocycles. The molecule has 2 heterocycles. The molecule has 4 rings (SSSR count). The molecule has 2 saturated heterocycles. The van der Waals surface area contributed by atoms with Crippen LogP contribution in [-0.4, -0.2) is 87.3 Å². The van der Waals surface area contributed by atoms with Gasteiger partial charge >= 0.3 is 0 Å². The first-order valence-corrected chi connectivity index (χ1v) is 12.2. The number of carbonyl (C=O) groups excluding carboxylic acids is 2. The molecule has 8 nitrogen and oxygen atoms in total. The summed E-state index contributed by atoms with van der Waals surface area (Å²) in [6.45, 7) is 3.98. The Morgan fingerprint density at radius 3 is 2.24 bits per heavy atom. The maximum Gasteiger partial charge on any atom is 0.254 e. The summed E-state index contributed by atoms with van der Waals surface area (Å²) in [5, 5.41) is 3.17. The summed E-state index contributed by atoms with van der Waals surface area (Å²) >= 11 is 0. The van der Waals surface area contributed by atoms with Crippen molar-refractivity contribution in [2.75, 3.05) is 53.6 Å². The Morgan fingerprint density at radius 1 is 1.00 bits per heavy atom. The number of carbonyl (C=O) groups is 2. The Hall–Kier alpha value is -2.32. The normalized spacial score (nSPS) is 22.8. The van der Waals surface area contributed by atoms with Gasteiger partial charge in [0, 0.05) is 51.0 Å². The number of benzene rings is 1. The number of amides is 2. The lowest BCUT2D eigenvalue weighted by Crippen LogP contribution is -2.58. The van der Waals surface area contributed by atoms with E-state index in [0.717, 1.165) is 32.3 Å². The smallest absolute Gasteiger partial charge is 0.254 e. The summed E-state index contributed by atoms with van der Waals surface area (Å²) in [5.41, 5.74) is 0.557. The first kappa shape index (κ1) is 23.8. The molecule has 0 spiro atoms. The number of nitrogens with zero attached hydrogens (tertiary/aromatic N) is 2. The standard InChI is InChI=1S/C25H37N3O5/c1-31-21-14-19(15-22(16-21)32-2)25(30)28-11-9-27(10-12-28)23(18-6-3-4-7-18)24(29)26-17-20-8-5-13-33-20/h14-16,18,20,23H,3-13,17H2,1-2H3,(H,26,29). The third kappa shape index (κ3) is 5.79. The Balaban J connectivity index is 1.38. The predicted molar refractivity (Wildman–Crippen MR) is 125 cm³/mol. The molecule has 182 valence electrons. The zero-order valence-corrected chi connectivity index (χ0v) is 19.9. The van der Waals surface area contributed by atoms with Crippen LogP contribution in [0.25, 0.3) is 0 Å². The van der Waals surface area contributed by atoms with Crippen LogP contribution in [0.4, 0.5) is 0 Å². The fourth-order valence-corrected chi connectivity index (χ4v) is 5.39. The molecular formula is C25H37N3O5. The SMILES string of the molecule is COc1cc(OC)cc(C(=O)N2CCN(C(C(=O)NCC3CCCO3)C3CCCC3)CC2)c1. The summed E-state index contributed by atoms with van der Waals surface area (Å²) < 4.78 is 16.3. The number of rotatable bonds is 8. The molecule has 8 heteroatoms. The molecule has 1 aliphatic carbocycles. The highest BCUT2D eigenvalue weighted by Crippen LogP contribution is 2.31. The van der Waals surface area contributed by atoms with Gasteiger partial charge in [-0.15, -0.1) is 0 Å². The molecule has 2 aliphatic heterocycles. The van der Waals surface area contributed by atoms with Crippen molar-refractivity contribution in [3.63, 3.8) is 0 Å². The summed E-state index contributed by atoms with van der Waals surface area (Å²) in [4.78, 5) is 30.6. The number of hydrogen-bond donors (Lipinski definition) is 1. The Kier molecular flexibility index (Phi) is 8.09. The zero-order chi connectivity index (χ0) is 23.2. The first-order valence-electron chi connectivity index (χ1n) is 12.2. The maximum atomic E-state index is 13.2. The molecule has 1 N–H and O–H groups in total. The molecule has 3 fully saturated rings. The average molecular weight is 460 g/mol. The van der Waals surface area contributed by atoms with Crippen molar-refractivity contribution in [3.05, 3.63) is 23.8 Å². The van der Waals surface area contributed by atoms with Crippen molar-refractivity contribution in [2.45, 2.75) is 50.7 Å². The Morgan fingerprint density at radius 2 is 1.67 bits per heavy atom. The van der Waals surface area contributed by atoms with Crippen molar-refractivity contribution in [1.29, 1.82) is 0 Å². The predicted octanol–water partition coefficient (Wildman–Crippen LogP) is 2.32. The van der Waals surface area contributed by atoms with E-state index in [4.69, 9.17) is 14.2 Å². The number of piperazine rings is 1. The lowest BCUT2D eigenvalue weighted by atomic mass is 9.94. The molecule has 33 heavy (non-hydrogen) atoms. The minimum atomic E-state index is -0.122. The van der Waals surface area contributed by atoms with Crippen molar-refractivity contribution in [3.8, 4) is 11.5 Å². The molecule has 1 aromatic carbocycles. The fourth-order valence-electron chi connectivity index (χ4n) is 5.39. The van der Waals surface area contributed by atoms with Gasteiger partial charge in [0.2, 0.25) is 5.91 Å². The third-order valence-corrected chi connectivity index (χ3v) is 7.24. The molecule has 3 aliphatic rings. The van der Waals surface area contributed by atoms with E-state index in [9.17, 15) is 9.59 Å². The third-order valence-electron chi connectivity index (χ3n) is 7.24. The number of methoxy groups -OCH3 is 2. The number of ether oxygens (including phenoxy) is 3. The van der Waals surface area contributed by atoms with E-state index in [1.54, 1.807) is 32.4 Å². The molecule has 2 atom stereocenters. The van der Waals surface area contributed by atoms with Crippen molar-refractivity contribution < 1.29 is 23.8 Å². The second-order valence-corrected chi connectivity index (χ2v) is 9.30. The summed E-state index contributed by atoms with van der Waals surface area (Å²) in [6.07, 6.45) is 6.81. The maximum absolute atomic E-state index is 13.2. The van der Waals surface area contributed by atoms with Gasteiger partial charge in [-0.25, -0.2) is 0 Å². The van der Waals surface area contributed by atoms with Crippen LogP contribution in [0, 0.1) is 5.92 Å². The molecule has 1 saturated carbocycles. The van der Waals surface area contributed by atoms with Gasteiger partial charge in [0.05, 0.1) is 26.4 Å². The van der Waals surface area contributed by atoms with Gasteiger partial charge in [-0.2, -0.15) is 0 Å². The highest BCUT2D eigenvalue weighted by Gasteiger charge is 2.37. The van der Waals surface area contributed by atoms with Crippen LogP contribution in [0.1, 0.15) is 48.9 Å². The van der Waals surface area contributed by atoms with Crippen molar-refractivity contribution in [2.24, 2.45) is 5.92 Å². The highest BCUT2D eigenvalue weighted by atomic mass is 16.5. The largest absolute Gasteiger partial charge is 0.497 e. The first-order chi connectivity index (χ1) is 16.1. The topological polar surface area (TPSA) is 80.3 Å². The van der Waals surface area contributed by atoms with Gasteiger partial charge in [-0.3, -0.25) is 14.5 Å². The minimum absolute atomic E-state index is 0.0351. The van der Waals surface area contributed by atoms with Crippen LogP contribution in [0.5, 0.6) is 11.5 Å². The van der Waals surface area contributed by atoms with E-state index in [0.29, 0.717) is 55.7 Å². The van der Waals surface area contributed by atoms with E-state index in [1.807, 2.05) is 4.90 Å². The Labute approximate surface area is 196 Å². The molecule has 1 aromatic rings. The monoisotopic (exact) mass is 459 g/mol. The van der Waals surface area contributed by atoms with Crippen molar-refractivity contribution in [1.82, 2.24) is 15.1 Å². The quantitative estimate of drug-likeness (QED) is 0.643.